The van der Waals surface area contributed by atoms with Gasteiger partial charge >= 0.3 is 6.09 Å². The summed E-state index contributed by atoms with van der Waals surface area (Å²) in [6, 6.07) is 37.4. The lowest BCUT2D eigenvalue weighted by molar-refractivity contribution is -0.285. The number of halogens is 1. The highest BCUT2D eigenvalue weighted by Gasteiger charge is 2.42. The predicted molar refractivity (Wildman–Crippen MR) is 318 cm³/mol. The number of fused-ring (bicyclic) bond motifs is 1. The minimum atomic E-state index is -1.70. The number of unbranched alkanes of at least 4 members (excludes halogenated alkanes) is 1. The Morgan fingerprint density at radius 2 is 1.21 bits per heavy atom. The molecule has 2 aliphatic heterocycles. The van der Waals surface area contributed by atoms with Gasteiger partial charge in [0.1, 0.15) is 49.3 Å². The van der Waals surface area contributed by atoms with Crippen LogP contribution in [0.1, 0.15) is 76.6 Å². The van der Waals surface area contributed by atoms with E-state index < -0.39 is 85.4 Å². The molecule has 0 spiro atoms. The maximum atomic E-state index is 14.3. The minimum absolute atomic E-state index is 0.0259. The van der Waals surface area contributed by atoms with E-state index in [2.05, 4.69) is 20.6 Å². The first-order chi connectivity index (χ1) is 41.4. The SMILES string of the molecule is N=C(NCCCCc1ccc(CC[C@@H](C(N)=O)N(CCCN(C[C@H](O)[C@@H](O)[C@@H]2OC(c3ccccc3)OC[C@H]2O)C[C@H](O)[C@@H](O)[C@@H]2OC(c3ccccc3)OC[C@H]2O)C(=O)OCc2ccccc2)c2ccccc12)NC(=O)c1nc(Cl)c(N)nc1N. The summed E-state index contributed by atoms with van der Waals surface area (Å²) >= 11 is 5.91. The number of aliphatic hydroxyl groups is 6. The molecule has 2 fully saturated rings. The van der Waals surface area contributed by atoms with Crippen LogP contribution in [-0.2, 0) is 47.9 Å². The second-order valence-corrected chi connectivity index (χ2v) is 21.5. The van der Waals surface area contributed by atoms with Gasteiger partial charge < -0.3 is 76.8 Å². The molecule has 2 saturated heterocycles. The van der Waals surface area contributed by atoms with Crippen LogP contribution in [0.15, 0.2) is 127 Å². The van der Waals surface area contributed by atoms with Gasteiger partial charge in [-0.05, 0) is 66.0 Å². The lowest BCUT2D eigenvalue weighted by Gasteiger charge is -2.40. The smallest absolute Gasteiger partial charge is 0.410 e. The number of nitrogens with two attached hydrogens (primary N) is 3. The molecule has 2 aliphatic rings. The molecule has 0 bridgehead atoms. The topological polar surface area (TPSA) is 377 Å². The van der Waals surface area contributed by atoms with Crippen LogP contribution < -0.4 is 27.8 Å². The zero-order valence-corrected chi connectivity index (χ0v) is 48.0. The van der Waals surface area contributed by atoms with E-state index in [4.69, 9.17) is 57.9 Å². The van der Waals surface area contributed by atoms with E-state index in [1.807, 2.05) is 54.6 Å². The van der Waals surface area contributed by atoms with Gasteiger partial charge in [-0.15, -0.1) is 0 Å². The van der Waals surface area contributed by atoms with Crippen LogP contribution in [0.25, 0.3) is 10.8 Å². The monoisotopic (exact) mass is 1210 g/mol. The van der Waals surface area contributed by atoms with Gasteiger partial charge in [-0.3, -0.25) is 30.1 Å². The summed E-state index contributed by atoms with van der Waals surface area (Å²) in [7, 11) is 0. The highest BCUT2D eigenvalue weighted by molar-refractivity contribution is 6.31. The highest BCUT2D eigenvalue weighted by Crippen LogP contribution is 2.32. The zero-order valence-electron chi connectivity index (χ0n) is 47.2. The third-order valence-electron chi connectivity index (χ3n) is 15.0. The summed E-state index contributed by atoms with van der Waals surface area (Å²) < 4.78 is 29.3. The molecule has 460 valence electrons. The van der Waals surface area contributed by atoms with Crippen molar-refractivity contribution in [3.05, 3.63) is 166 Å². The van der Waals surface area contributed by atoms with Crippen molar-refractivity contribution in [3.8, 4) is 0 Å². The Bertz CT molecular complexity index is 3100. The summed E-state index contributed by atoms with van der Waals surface area (Å²) in [6.45, 7) is -1.06. The third kappa shape index (κ3) is 17.4. The Kier molecular flexibility index (Phi) is 23.5. The molecule has 0 saturated carbocycles. The standard InChI is InChI=1S/C61H75ClN10O14/c62-53-55(64)69-54(63)48(68-53)57(80)70-60(66)67-28-13-12-17-37-24-25-38(42-23-11-10-22-41(37)42)26-27-43(56(65)79)72(61(81)84-33-36-15-4-1-5-16-36)30-14-29-71(31-44(73)49(77)51-46(75)34-82-58(85-51)39-18-6-2-7-19-39)32-45(74)50(78)52-47(76)35-83-59(86-52)40-20-8-3-9-21-40/h1-11,15-16,18-25,43-47,49-52,58-59,73-78H,12-14,17,26-35H2,(H2,65,79)(H4,63,64,69)(H3,66,67,70,80)/t43-,44-,45-,46+,47+,49+,50+,51+,52+,58?,59?/m0/s1. The fraction of sp³-hybridized carbons (Fsp3) is 0.410. The predicted octanol–water partition coefficient (Wildman–Crippen LogP) is 3.24. The molecule has 2 unspecified atom stereocenters. The summed E-state index contributed by atoms with van der Waals surface area (Å²) in [5, 5.41) is 83.9. The van der Waals surface area contributed by atoms with Gasteiger partial charge in [0.05, 0.1) is 25.4 Å². The Morgan fingerprint density at radius 1 is 0.686 bits per heavy atom. The molecule has 24 nitrogen and oxygen atoms in total. The first-order valence-corrected chi connectivity index (χ1v) is 28.8. The van der Waals surface area contributed by atoms with Crippen LogP contribution in [0.2, 0.25) is 5.15 Å². The Balaban J connectivity index is 0.952. The van der Waals surface area contributed by atoms with Crippen LogP contribution in [-0.4, -0.2) is 175 Å². The van der Waals surface area contributed by atoms with Gasteiger partial charge in [0.15, 0.2) is 41.0 Å². The molecular formula is C61H75ClN10O14. The molecule has 8 rings (SSSR count). The van der Waals surface area contributed by atoms with Gasteiger partial charge in [0, 0.05) is 43.9 Å². The van der Waals surface area contributed by atoms with Crippen molar-refractivity contribution in [1.29, 1.82) is 5.41 Å². The number of amides is 3. The van der Waals surface area contributed by atoms with E-state index in [9.17, 15) is 45.0 Å². The third-order valence-corrected chi connectivity index (χ3v) is 15.3. The Hall–Kier alpha value is -7.43. The van der Waals surface area contributed by atoms with Gasteiger partial charge in [-0.2, -0.15) is 0 Å². The van der Waals surface area contributed by atoms with Crippen LogP contribution >= 0.6 is 11.6 Å². The molecule has 0 aliphatic carbocycles. The lowest BCUT2D eigenvalue weighted by Crippen LogP contribution is -2.56. The number of nitrogen functional groups attached to an aromatic ring is 2. The number of nitrogens with one attached hydrogen (secondary N) is 3. The van der Waals surface area contributed by atoms with Crippen LogP contribution in [0.4, 0.5) is 16.4 Å². The molecule has 5 aromatic carbocycles. The van der Waals surface area contributed by atoms with Gasteiger partial charge in [-0.1, -0.05) is 139 Å². The molecule has 11 atom stereocenters. The number of carbonyl (C=O) groups excluding carboxylic acids is 3. The molecule has 3 amide bonds. The quantitative estimate of drug-likeness (QED) is 0.0200. The number of hydrogen-bond donors (Lipinski definition) is 12. The van der Waals surface area contributed by atoms with E-state index >= 15 is 0 Å². The number of anilines is 2. The number of aryl methyl sites for hydroxylation is 2. The van der Waals surface area contributed by atoms with E-state index in [0.29, 0.717) is 42.5 Å². The average molecular weight is 1210 g/mol. The van der Waals surface area contributed by atoms with Crippen molar-refractivity contribution in [1.82, 2.24) is 30.4 Å². The fourth-order valence-corrected chi connectivity index (χ4v) is 10.6. The Labute approximate surface area is 502 Å². The number of aromatic nitrogens is 2. The van der Waals surface area contributed by atoms with E-state index in [0.717, 1.165) is 28.3 Å². The maximum absolute atomic E-state index is 14.3. The fourth-order valence-electron chi connectivity index (χ4n) is 10.5. The molecule has 3 heterocycles. The second kappa shape index (κ2) is 31.3. The van der Waals surface area contributed by atoms with E-state index in [1.165, 1.54) is 4.90 Å². The van der Waals surface area contributed by atoms with Crippen molar-refractivity contribution in [2.24, 2.45) is 5.73 Å². The number of guanidine groups is 1. The van der Waals surface area contributed by atoms with Gasteiger partial charge in [0.2, 0.25) is 5.91 Å². The largest absolute Gasteiger partial charge is 0.445 e. The second-order valence-electron chi connectivity index (χ2n) is 21.2. The number of primary amides is 1. The number of rotatable bonds is 27. The van der Waals surface area contributed by atoms with Crippen molar-refractivity contribution in [2.45, 2.75) is 113 Å². The average Bonchev–Trinajstić information content (AvgIpc) is 3.72. The molecule has 25 heteroatoms. The van der Waals surface area contributed by atoms with Crippen molar-refractivity contribution in [3.63, 3.8) is 0 Å². The first kappa shape index (κ1) is 64.6. The number of carbonyl (C=O) groups is 3. The lowest BCUT2D eigenvalue weighted by atomic mass is 9.93. The van der Waals surface area contributed by atoms with Gasteiger partial charge in [-0.25, -0.2) is 14.8 Å². The summed E-state index contributed by atoms with van der Waals surface area (Å²) in [6.07, 6.45) is -12.2. The number of aliphatic hydroxyl groups excluding tert-OH is 6. The molecule has 6 aromatic rings. The molecule has 15 N–H and O–H groups in total. The highest BCUT2D eigenvalue weighted by atomic mass is 35.5. The molecule has 86 heavy (non-hydrogen) atoms. The zero-order chi connectivity index (χ0) is 61.3. The van der Waals surface area contributed by atoms with Crippen molar-refractivity contribution in [2.75, 3.05) is 57.4 Å². The van der Waals surface area contributed by atoms with E-state index in [1.54, 1.807) is 77.7 Å². The molecule has 1 aromatic heterocycles. The first-order valence-electron chi connectivity index (χ1n) is 28.4. The molecule has 0 radical (unpaired) electrons. The van der Waals surface area contributed by atoms with Crippen LogP contribution in [0.5, 0.6) is 0 Å². The summed E-state index contributed by atoms with van der Waals surface area (Å²) in [5.74, 6) is -2.19. The number of benzene rings is 5. The number of ether oxygens (including phenoxy) is 5. The minimum Gasteiger partial charge on any atom is -0.445 e. The van der Waals surface area contributed by atoms with Crippen LogP contribution in [0, 0.1) is 5.41 Å². The maximum Gasteiger partial charge on any atom is 0.410 e. The van der Waals surface area contributed by atoms with Crippen LogP contribution in [0.3, 0.4) is 0 Å². The van der Waals surface area contributed by atoms with Gasteiger partial charge in [0.25, 0.3) is 5.91 Å². The number of nitrogens with zero attached hydrogens (tertiary/aromatic N) is 4. The van der Waals surface area contributed by atoms with Crippen molar-refractivity contribution >= 4 is 57.9 Å². The number of hydrogen-bond acceptors (Lipinski definition) is 20. The van der Waals surface area contributed by atoms with E-state index in [-0.39, 0.29) is 87.3 Å². The summed E-state index contributed by atoms with van der Waals surface area (Å²) in [5.41, 5.74) is 21.2. The van der Waals surface area contributed by atoms with Crippen molar-refractivity contribution < 1.29 is 68.7 Å². The normalized spacial score (nSPS) is 20.5. The Morgan fingerprint density at radius 3 is 1.76 bits per heavy atom. The summed E-state index contributed by atoms with van der Waals surface area (Å²) in [4.78, 5) is 51.1. The molecular weight excluding hydrogens is 1130 g/mol.